The molecule has 2 fully saturated rings. The highest BCUT2D eigenvalue weighted by atomic mass is 32.2. The van der Waals surface area contributed by atoms with E-state index in [1.807, 2.05) is 0 Å². The van der Waals surface area contributed by atoms with E-state index in [-0.39, 0.29) is 0 Å². The van der Waals surface area contributed by atoms with Gasteiger partial charge < -0.3 is 4.74 Å². The Morgan fingerprint density at radius 3 is 2.65 bits per heavy atom. The molecule has 1 unspecified atom stereocenters. The van der Waals surface area contributed by atoms with Gasteiger partial charge in [-0.15, -0.1) is 10.2 Å². The van der Waals surface area contributed by atoms with Gasteiger partial charge >= 0.3 is 0 Å². The molecule has 2 aliphatic rings. The third kappa shape index (κ3) is 2.47. The van der Waals surface area contributed by atoms with E-state index in [1.54, 1.807) is 11.8 Å². The number of benzene rings is 1. The number of epoxide rings is 1. The maximum absolute atomic E-state index is 5.27. The summed E-state index contributed by atoms with van der Waals surface area (Å²) in [5.74, 6) is 1.99. The molecule has 0 amide bonds. The van der Waals surface area contributed by atoms with Gasteiger partial charge in [0.1, 0.15) is 0 Å². The minimum Gasteiger partial charge on any atom is -0.372 e. The molecule has 0 N–H and O–H groups in total. The van der Waals surface area contributed by atoms with Gasteiger partial charge in [0.25, 0.3) is 0 Å². The molecule has 2 aromatic rings. The number of aromatic nitrogens is 3. The third-order valence-corrected chi connectivity index (χ3v) is 4.76. The smallest absolute Gasteiger partial charge is 0.191 e. The zero-order chi connectivity index (χ0) is 13.5. The quantitative estimate of drug-likeness (QED) is 0.626. The Morgan fingerprint density at radius 2 is 2.00 bits per heavy atom. The highest BCUT2D eigenvalue weighted by Gasteiger charge is 2.31. The molecule has 4 rings (SSSR count). The zero-order valence-corrected chi connectivity index (χ0v) is 12.3. The summed E-state index contributed by atoms with van der Waals surface area (Å²) in [5, 5.41) is 9.86. The van der Waals surface area contributed by atoms with Crippen LogP contribution in [-0.4, -0.2) is 33.2 Å². The molecule has 1 aromatic heterocycles. The number of rotatable bonds is 5. The van der Waals surface area contributed by atoms with Crippen LogP contribution in [0.1, 0.15) is 24.4 Å². The molecule has 0 bridgehead atoms. The van der Waals surface area contributed by atoms with Crippen LogP contribution in [0.15, 0.2) is 29.4 Å². The van der Waals surface area contributed by atoms with E-state index in [2.05, 4.69) is 46.0 Å². The van der Waals surface area contributed by atoms with Gasteiger partial charge in [-0.05, 0) is 19.8 Å². The Kier molecular flexibility index (Phi) is 3.04. The van der Waals surface area contributed by atoms with Crippen LogP contribution in [0.25, 0.3) is 11.4 Å². The van der Waals surface area contributed by atoms with Gasteiger partial charge in [0, 0.05) is 17.4 Å². The first-order valence-corrected chi connectivity index (χ1v) is 8.06. The van der Waals surface area contributed by atoms with Gasteiger partial charge in [-0.25, -0.2) is 0 Å². The van der Waals surface area contributed by atoms with Crippen LogP contribution in [0.5, 0.6) is 0 Å². The number of hydrogen-bond donors (Lipinski definition) is 0. The van der Waals surface area contributed by atoms with E-state index in [4.69, 9.17) is 4.74 Å². The summed E-state index contributed by atoms with van der Waals surface area (Å²) < 4.78 is 7.59. The number of ether oxygens (including phenoxy) is 1. The lowest BCUT2D eigenvalue weighted by Gasteiger charge is -2.08. The van der Waals surface area contributed by atoms with Crippen LogP contribution in [-0.2, 0) is 4.74 Å². The third-order valence-electron chi connectivity index (χ3n) is 3.69. The van der Waals surface area contributed by atoms with E-state index >= 15 is 0 Å². The van der Waals surface area contributed by atoms with Crippen molar-refractivity contribution in [1.29, 1.82) is 0 Å². The molecule has 1 saturated heterocycles. The first-order chi connectivity index (χ1) is 9.81. The Balaban J connectivity index is 1.65. The highest BCUT2D eigenvalue weighted by Crippen LogP contribution is 2.41. The Labute approximate surface area is 122 Å². The first-order valence-electron chi connectivity index (χ1n) is 7.07. The summed E-state index contributed by atoms with van der Waals surface area (Å²) in [4.78, 5) is 0. The molecular weight excluding hydrogens is 270 g/mol. The lowest BCUT2D eigenvalue weighted by atomic mass is 10.1. The van der Waals surface area contributed by atoms with Crippen LogP contribution < -0.4 is 0 Å². The van der Waals surface area contributed by atoms with Gasteiger partial charge in [-0.2, -0.15) is 0 Å². The van der Waals surface area contributed by atoms with Crippen molar-refractivity contribution in [2.75, 3.05) is 12.4 Å². The molecule has 4 nitrogen and oxygen atoms in total. The van der Waals surface area contributed by atoms with E-state index in [9.17, 15) is 0 Å². The summed E-state index contributed by atoms with van der Waals surface area (Å²) in [6.07, 6.45) is 2.90. The maximum atomic E-state index is 5.27. The van der Waals surface area contributed by atoms with Crippen molar-refractivity contribution in [3.8, 4) is 11.4 Å². The van der Waals surface area contributed by atoms with Crippen molar-refractivity contribution in [2.45, 2.75) is 37.1 Å². The Bertz CT molecular complexity index is 615. The fourth-order valence-electron chi connectivity index (χ4n) is 2.27. The van der Waals surface area contributed by atoms with E-state index in [1.165, 1.54) is 18.4 Å². The van der Waals surface area contributed by atoms with Gasteiger partial charge in [-0.1, -0.05) is 41.6 Å². The second kappa shape index (κ2) is 4.90. The summed E-state index contributed by atoms with van der Waals surface area (Å²) in [7, 11) is 0. The Morgan fingerprint density at radius 1 is 1.25 bits per heavy atom. The molecule has 5 heteroatoms. The molecule has 104 valence electrons. The number of nitrogens with zero attached hydrogens (tertiary/aromatic N) is 3. The van der Waals surface area contributed by atoms with Crippen LogP contribution >= 0.6 is 11.8 Å². The van der Waals surface area contributed by atoms with Crippen molar-refractivity contribution >= 4 is 11.8 Å². The van der Waals surface area contributed by atoms with Crippen molar-refractivity contribution < 1.29 is 4.74 Å². The van der Waals surface area contributed by atoms with E-state index < -0.39 is 0 Å². The molecule has 0 spiro atoms. The number of thioether (sulfide) groups is 1. The molecule has 20 heavy (non-hydrogen) atoms. The molecule has 2 heterocycles. The lowest BCUT2D eigenvalue weighted by molar-refractivity contribution is 0.426. The topological polar surface area (TPSA) is 43.2 Å². The largest absolute Gasteiger partial charge is 0.372 e. The molecule has 0 radical (unpaired) electrons. The highest BCUT2D eigenvalue weighted by molar-refractivity contribution is 7.99. The molecular formula is C15H17N3OS. The number of aryl methyl sites for hydroxylation is 1. The standard InChI is InChI=1S/C15H17N3OS/c1-10-2-4-11(5-3-10)14-16-17-15(18(14)12-6-7-12)20-9-13-8-19-13/h2-5,12-13H,6-9H2,1H3. The molecule has 1 aliphatic carbocycles. The summed E-state index contributed by atoms with van der Waals surface area (Å²) in [5.41, 5.74) is 2.43. The van der Waals surface area contributed by atoms with Gasteiger partial charge in [0.05, 0.1) is 12.7 Å². The maximum Gasteiger partial charge on any atom is 0.191 e. The van der Waals surface area contributed by atoms with Crippen LogP contribution in [0.4, 0.5) is 0 Å². The Hall–Kier alpha value is -1.33. The van der Waals surface area contributed by atoms with Crippen molar-refractivity contribution in [3.63, 3.8) is 0 Å². The summed E-state index contributed by atoms with van der Waals surface area (Å²) in [6, 6.07) is 9.12. The summed E-state index contributed by atoms with van der Waals surface area (Å²) >= 11 is 1.77. The second-order valence-corrected chi connectivity index (χ2v) is 6.53. The van der Waals surface area contributed by atoms with Crippen LogP contribution in [0.3, 0.4) is 0 Å². The average molecular weight is 287 g/mol. The SMILES string of the molecule is Cc1ccc(-c2nnc(SCC3CO3)n2C2CC2)cc1. The molecule has 1 aliphatic heterocycles. The monoisotopic (exact) mass is 287 g/mol. The molecule has 1 atom stereocenters. The predicted octanol–water partition coefficient (Wildman–Crippen LogP) is 3.08. The van der Waals surface area contributed by atoms with Crippen molar-refractivity contribution in [2.24, 2.45) is 0 Å². The predicted molar refractivity (Wildman–Crippen MR) is 78.9 cm³/mol. The van der Waals surface area contributed by atoms with Crippen LogP contribution in [0, 0.1) is 6.92 Å². The normalized spacial score (nSPS) is 21.1. The van der Waals surface area contributed by atoms with Crippen molar-refractivity contribution in [3.05, 3.63) is 29.8 Å². The number of hydrogen-bond acceptors (Lipinski definition) is 4. The fraction of sp³-hybridized carbons (Fsp3) is 0.467. The van der Waals surface area contributed by atoms with E-state index in [0.717, 1.165) is 28.9 Å². The summed E-state index contributed by atoms with van der Waals surface area (Å²) in [6.45, 7) is 3.00. The minimum atomic E-state index is 0.423. The van der Waals surface area contributed by atoms with Gasteiger partial charge in [0.2, 0.25) is 0 Å². The van der Waals surface area contributed by atoms with Gasteiger partial charge in [-0.3, -0.25) is 4.57 Å². The lowest BCUT2D eigenvalue weighted by Crippen LogP contribution is -2.01. The van der Waals surface area contributed by atoms with Crippen molar-refractivity contribution in [1.82, 2.24) is 14.8 Å². The average Bonchev–Trinajstić information content (AvgIpc) is 3.37. The molecule has 1 saturated carbocycles. The fourth-order valence-corrected chi connectivity index (χ4v) is 3.27. The van der Waals surface area contributed by atoms with E-state index in [0.29, 0.717) is 12.1 Å². The van der Waals surface area contributed by atoms with Gasteiger partial charge in [0.15, 0.2) is 11.0 Å². The zero-order valence-electron chi connectivity index (χ0n) is 11.5. The second-order valence-electron chi connectivity index (χ2n) is 5.54. The van der Waals surface area contributed by atoms with Crippen LogP contribution in [0.2, 0.25) is 0 Å². The first kappa shape index (κ1) is 12.4. The molecule has 1 aromatic carbocycles. The minimum absolute atomic E-state index is 0.423.